The van der Waals surface area contributed by atoms with E-state index in [2.05, 4.69) is 24.4 Å². The molecule has 0 spiro atoms. The van der Waals surface area contributed by atoms with Gasteiger partial charge in [0.1, 0.15) is 0 Å². The van der Waals surface area contributed by atoms with Crippen LogP contribution in [0.1, 0.15) is 24.9 Å². The summed E-state index contributed by atoms with van der Waals surface area (Å²) in [7, 11) is 1.96. The summed E-state index contributed by atoms with van der Waals surface area (Å²) in [5.41, 5.74) is 3.39. The minimum absolute atomic E-state index is 0.332. The Morgan fingerprint density at radius 1 is 1.05 bits per heavy atom. The Kier molecular flexibility index (Phi) is 5.76. The van der Waals surface area contributed by atoms with Crippen LogP contribution < -0.4 is 5.32 Å². The number of halogens is 2. The standard InChI is InChI=1S/C17H19F2NS/c1-3-16(20-2)14-6-4-5-13(11-14)12-7-9-15(10-8-12)21-17(18)19/h4-11,16-17,20H,3H2,1-2H3. The largest absolute Gasteiger partial charge is 0.313 e. The molecule has 1 unspecified atom stereocenters. The van der Waals surface area contributed by atoms with E-state index in [-0.39, 0.29) is 0 Å². The fraction of sp³-hybridized carbons (Fsp3) is 0.294. The number of benzene rings is 2. The summed E-state index contributed by atoms with van der Waals surface area (Å²) in [6.45, 7) is 2.14. The molecule has 4 heteroatoms. The van der Waals surface area contributed by atoms with Gasteiger partial charge in [0.2, 0.25) is 0 Å². The number of hydrogen-bond acceptors (Lipinski definition) is 2. The summed E-state index contributed by atoms with van der Waals surface area (Å²) < 4.78 is 24.6. The molecular weight excluding hydrogens is 288 g/mol. The van der Waals surface area contributed by atoms with Crippen molar-refractivity contribution in [1.29, 1.82) is 0 Å². The molecule has 0 bridgehead atoms. The topological polar surface area (TPSA) is 12.0 Å². The summed E-state index contributed by atoms with van der Waals surface area (Å²) in [4.78, 5) is 0.589. The van der Waals surface area contributed by atoms with Crippen molar-refractivity contribution in [3.63, 3.8) is 0 Å². The highest BCUT2D eigenvalue weighted by Gasteiger charge is 2.08. The molecule has 2 rings (SSSR count). The van der Waals surface area contributed by atoms with Crippen LogP contribution in [0, 0.1) is 0 Å². The average Bonchev–Trinajstić information content (AvgIpc) is 2.49. The van der Waals surface area contributed by atoms with E-state index in [4.69, 9.17) is 0 Å². The molecule has 0 saturated carbocycles. The van der Waals surface area contributed by atoms with Gasteiger partial charge in [0.05, 0.1) is 0 Å². The first-order valence-electron chi connectivity index (χ1n) is 6.96. The highest BCUT2D eigenvalue weighted by Crippen LogP contribution is 2.29. The lowest BCUT2D eigenvalue weighted by molar-refractivity contribution is 0.252. The SMILES string of the molecule is CCC(NC)c1cccc(-c2ccc(SC(F)F)cc2)c1. The normalized spacial score (nSPS) is 12.6. The van der Waals surface area contributed by atoms with Crippen molar-refractivity contribution in [2.24, 2.45) is 0 Å². The van der Waals surface area contributed by atoms with Crippen LogP contribution in [0.3, 0.4) is 0 Å². The summed E-state index contributed by atoms with van der Waals surface area (Å²) >= 11 is 0.574. The van der Waals surface area contributed by atoms with Gasteiger partial charge in [-0.25, -0.2) is 0 Å². The van der Waals surface area contributed by atoms with Crippen LogP contribution in [0.4, 0.5) is 8.78 Å². The number of alkyl halides is 2. The van der Waals surface area contributed by atoms with E-state index in [0.29, 0.717) is 22.7 Å². The molecule has 0 aliphatic heterocycles. The quantitative estimate of drug-likeness (QED) is 0.723. The van der Waals surface area contributed by atoms with Gasteiger partial charge in [0.15, 0.2) is 0 Å². The molecule has 0 aliphatic carbocycles. The first-order valence-corrected chi connectivity index (χ1v) is 7.84. The van der Waals surface area contributed by atoms with Gasteiger partial charge in [-0.1, -0.05) is 49.0 Å². The Morgan fingerprint density at radius 2 is 1.76 bits per heavy atom. The lowest BCUT2D eigenvalue weighted by Crippen LogP contribution is -2.15. The van der Waals surface area contributed by atoms with Crippen LogP contribution in [-0.4, -0.2) is 12.8 Å². The maximum Gasteiger partial charge on any atom is 0.288 e. The molecule has 2 aromatic rings. The minimum Gasteiger partial charge on any atom is -0.313 e. The summed E-state index contributed by atoms with van der Waals surface area (Å²) in [6, 6.07) is 15.9. The fourth-order valence-corrected chi connectivity index (χ4v) is 2.87. The van der Waals surface area contributed by atoms with Crippen LogP contribution in [0.2, 0.25) is 0 Å². The first-order chi connectivity index (χ1) is 10.1. The van der Waals surface area contributed by atoms with E-state index in [1.165, 1.54) is 5.56 Å². The van der Waals surface area contributed by atoms with E-state index >= 15 is 0 Å². The fourth-order valence-electron chi connectivity index (χ4n) is 2.37. The number of hydrogen-bond donors (Lipinski definition) is 1. The molecule has 1 N–H and O–H groups in total. The molecule has 2 aromatic carbocycles. The molecule has 0 aromatic heterocycles. The van der Waals surface area contributed by atoms with Gasteiger partial charge < -0.3 is 5.32 Å². The Bertz CT molecular complexity index is 565. The zero-order valence-corrected chi connectivity index (χ0v) is 13.0. The van der Waals surface area contributed by atoms with Crippen LogP contribution in [0.5, 0.6) is 0 Å². The predicted octanol–water partition coefficient (Wildman–Crippen LogP) is 5.34. The summed E-state index contributed by atoms with van der Waals surface area (Å²) in [6.07, 6.45) is 1.02. The Balaban J connectivity index is 2.23. The van der Waals surface area contributed by atoms with Gasteiger partial charge in [0.25, 0.3) is 5.76 Å². The van der Waals surface area contributed by atoms with Gasteiger partial charge in [-0.3, -0.25) is 0 Å². The monoisotopic (exact) mass is 307 g/mol. The van der Waals surface area contributed by atoms with E-state index in [0.717, 1.165) is 17.5 Å². The molecule has 0 aliphatic rings. The van der Waals surface area contributed by atoms with Crippen molar-refractivity contribution in [1.82, 2.24) is 5.32 Å². The van der Waals surface area contributed by atoms with Crippen LogP contribution in [-0.2, 0) is 0 Å². The number of rotatable bonds is 6. The van der Waals surface area contributed by atoms with Gasteiger partial charge in [-0.15, -0.1) is 0 Å². The molecular formula is C17H19F2NS. The average molecular weight is 307 g/mol. The third-order valence-corrected chi connectivity index (χ3v) is 4.18. The minimum atomic E-state index is -2.37. The summed E-state index contributed by atoms with van der Waals surface area (Å²) in [5.74, 6) is -2.37. The molecule has 0 heterocycles. The van der Waals surface area contributed by atoms with E-state index in [1.807, 2.05) is 31.3 Å². The van der Waals surface area contributed by atoms with Gasteiger partial charge in [0, 0.05) is 10.9 Å². The van der Waals surface area contributed by atoms with Crippen LogP contribution >= 0.6 is 11.8 Å². The Hall–Kier alpha value is -1.39. The molecule has 0 radical (unpaired) electrons. The van der Waals surface area contributed by atoms with Gasteiger partial charge >= 0.3 is 0 Å². The summed E-state index contributed by atoms with van der Waals surface area (Å²) in [5, 5.41) is 3.29. The van der Waals surface area contributed by atoms with Crippen LogP contribution in [0.15, 0.2) is 53.4 Å². The predicted molar refractivity (Wildman–Crippen MR) is 85.8 cm³/mol. The van der Waals surface area contributed by atoms with E-state index < -0.39 is 5.76 Å². The molecule has 0 saturated heterocycles. The first kappa shape index (κ1) is 16.0. The molecule has 1 nitrogen and oxygen atoms in total. The Morgan fingerprint density at radius 3 is 2.33 bits per heavy atom. The second-order valence-corrected chi connectivity index (χ2v) is 5.84. The highest BCUT2D eigenvalue weighted by atomic mass is 32.2. The number of thioether (sulfide) groups is 1. The lowest BCUT2D eigenvalue weighted by Gasteiger charge is -2.15. The van der Waals surface area contributed by atoms with Crippen molar-refractivity contribution in [2.75, 3.05) is 7.05 Å². The third kappa shape index (κ3) is 4.29. The second kappa shape index (κ2) is 7.57. The molecule has 0 fully saturated rings. The van der Waals surface area contributed by atoms with Crippen molar-refractivity contribution in [3.8, 4) is 11.1 Å². The molecule has 0 amide bonds. The van der Waals surface area contributed by atoms with Crippen LogP contribution in [0.25, 0.3) is 11.1 Å². The van der Waals surface area contributed by atoms with Crippen molar-refractivity contribution < 1.29 is 8.78 Å². The smallest absolute Gasteiger partial charge is 0.288 e. The third-order valence-electron chi connectivity index (χ3n) is 3.46. The number of nitrogens with one attached hydrogen (secondary N) is 1. The molecule has 1 atom stereocenters. The maximum atomic E-state index is 12.3. The van der Waals surface area contributed by atoms with Gasteiger partial charge in [-0.2, -0.15) is 8.78 Å². The van der Waals surface area contributed by atoms with E-state index in [1.54, 1.807) is 12.1 Å². The zero-order valence-electron chi connectivity index (χ0n) is 12.1. The van der Waals surface area contributed by atoms with Crippen molar-refractivity contribution >= 4 is 11.8 Å². The van der Waals surface area contributed by atoms with Crippen molar-refractivity contribution in [3.05, 3.63) is 54.1 Å². The zero-order chi connectivity index (χ0) is 15.2. The van der Waals surface area contributed by atoms with Crippen molar-refractivity contribution in [2.45, 2.75) is 30.0 Å². The molecule has 112 valence electrons. The highest BCUT2D eigenvalue weighted by molar-refractivity contribution is 7.99. The lowest BCUT2D eigenvalue weighted by atomic mass is 9.98. The van der Waals surface area contributed by atoms with E-state index in [9.17, 15) is 8.78 Å². The molecule has 21 heavy (non-hydrogen) atoms. The second-order valence-electron chi connectivity index (χ2n) is 4.78. The van der Waals surface area contributed by atoms with Gasteiger partial charge in [-0.05, 0) is 48.4 Å². The Labute approximate surface area is 128 Å². The maximum absolute atomic E-state index is 12.3.